The number of carboxylic acids is 1. The van der Waals surface area contributed by atoms with Crippen molar-refractivity contribution in [2.45, 2.75) is 0 Å². The Kier molecular flexibility index (Phi) is 4.95. The first-order valence-electron chi connectivity index (χ1n) is 9.01. The van der Waals surface area contributed by atoms with E-state index in [1.807, 2.05) is 6.07 Å². The maximum atomic E-state index is 12.0. The van der Waals surface area contributed by atoms with Gasteiger partial charge in [-0.1, -0.05) is 18.2 Å². The number of hydrogen-bond acceptors (Lipinski definition) is 7. The molecule has 9 heteroatoms. The van der Waals surface area contributed by atoms with Crippen molar-refractivity contribution in [1.29, 1.82) is 5.26 Å². The van der Waals surface area contributed by atoms with Gasteiger partial charge in [-0.3, -0.25) is 9.78 Å². The van der Waals surface area contributed by atoms with E-state index in [0.29, 0.717) is 27.8 Å². The lowest BCUT2D eigenvalue weighted by Crippen LogP contribution is -2.14. The highest BCUT2D eigenvalue weighted by Crippen LogP contribution is 2.32. The van der Waals surface area contributed by atoms with Crippen LogP contribution in [0.4, 0.5) is 11.4 Å². The number of hydrogen-bond donors (Lipinski definition) is 3. The maximum Gasteiger partial charge on any atom is 0.335 e. The van der Waals surface area contributed by atoms with Crippen molar-refractivity contribution >= 4 is 34.2 Å². The molecule has 1 amide bonds. The number of fused-ring (bicyclic) bond motifs is 1. The highest BCUT2D eigenvalue weighted by molar-refractivity contribution is 6.08. The number of benzene rings is 2. The van der Waals surface area contributed by atoms with Crippen LogP contribution in [-0.4, -0.2) is 31.9 Å². The minimum atomic E-state index is -1.06. The highest BCUT2D eigenvalue weighted by atomic mass is 16.4. The fourth-order valence-corrected chi connectivity index (χ4v) is 3.10. The largest absolute Gasteiger partial charge is 0.478 e. The van der Waals surface area contributed by atoms with Gasteiger partial charge in [0.2, 0.25) is 5.82 Å². The van der Waals surface area contributed by atoms with E-state index in [-0.39, 0.29) is 17.0 Å². The second-order valence-electron chi connectivity index (χ2n) is 6.56. The zero-order valence-corrected chi connectivity index (χ0v) is 15.9. The topological polar surface area (TPSA) is 155 Å². The summed E-state index contributed by atoms with van der Waals surface area (Å²) in [6, 6.07) is 13.5. The number of nitrogens with zero attached hydrogens (tertiary/aromatic N) is 4. The number of primary amides is 1. The van der Waals surface area contributed by atoms with Gasteiger partial charge in [-0.2, -0.15) is 5.26 Å². The van der Waals surface area contributed by atoms with Crippen LogP contribution in [0.1, 0.15) is 26.5 Å². The molecule has 4 rings (SSSR count). The van der Waals surface area contributed by atoms with Crippen LogP contribution in [0.15, 0.2) is 61.1 Å². The second kappa shape index (κ2) is 7.88. The summed E-state index contributed by atoms with van der Waals surface area (Å²) in [7, 11) is 0. The van der Waals surface area contributed by atoms with Crippen LogP contribution < -0.4 is 11.1 Å². The molecule has 4 aromatic rings. The van der Waals surface area contributed by atoms with E-state index in [1.54, 1.807) is 42.7 Å². The number of nitrogens with two attached hydrogens (primary N) is 1. The van der Waals surface area contributed by atoms with Crippen molar-refractivity contribution in [3.8, 4) is 17.2 Å². The van der Waals surface area contributed by atoms with Crippen LogP contribution >= 0.6 is 0 Å². The van der Waals surface area contributed by atoms with Gasteiger partial charge in [0.25, 0.3) is 5.91 Å². The van der Waals surface area contributed by atoms with E-state index in [9.17, 15) is 14.7 Å². The molecule has 0 spiro atoms. The maximum absolute atomic E-state index is 12.0. The number of aromatic carboxylic acids is 1. The summed E-state index contributed by atoms with van der Waals surface area (Å²) in [5, 5.41) is 21.8. The third kappa shape index (κ3) is 3.86. The average molecular weight is 410 g/mol. The number of amides is 1. The lowest BCUT2D eigenvalue weighted by molar-refractivity contribution is 0.0696. The highest BCUT2D eigenvalue weighted by Gasteiger charge is 2.15. The van der Waals surface area contributed by atoms with Crippen molar-refractivity contribution in [3.05, 3.63) is 78.0 Å². The molecule has 0 saturated carbocycles. The molecule has 0 radical (unpaired) electrons. The molecule has 0 saturated heterocycles. The van der Waals surface area contributed by atoms with Crippen LogP contribution in [0.3, 0.4) is 0 Å². The van der Waals surface area contributed by atoms with Crippen molar-refractivity contribution < 1.29 is 14.7 Å². The van der Waals surface area contributed by atoms with Crippen LogP contribution in [-0.2, 0) is 0 Å². The summed E-state index contributed by atoms with van der Waals surface area (Å²) >= 11 is 0. The molecule has 2 aromatic heterocycles. The quantitative estimate of drug-likeness (QED) is 0.453. The first-order valence-corrected chi connectivity index (χ1v) is 9.01. The number of pyridine rings is 1. The average Bonchev–Trinajstić information content (AvgIpc) is 2.79. The first-order chi connectivity index (χ1) is 15.0. The molecule has 150 valence electrons. The van der Waals surface area contributed by atoms with Crippen LogP contribution in [0, 0.1) is 11.3 Å². The summed E-state index contributed by atoms with van der Waals surface area (Å²) in [5.41, 5.74) is 8.75. The molecule has 2 heterocycles. The van der Waals surface area contributed by atoms with Crippen molar-refractivity contribution in [2.75, 3.05) is 5.32 Å². The number of nitriles is 1. The summed E-state index contributed by atoms with van der Waals surface area (Å²) in [6.07, 6.45) is 4.45. The van der Waals surface area contributed by atoms with E-state index in [1.165, 1.54) is 18.3 Å². The van der Waals surface area contributed by atoms with Crippen molar-refractivity contribution in [2.24, 2.45) is 5.73 Å². The monoisotopic (exact) mass is 410 g/mol. The summed E-state index contributed by atoms with van der Waals surface area (Å²) in [4.78, 5) is 35.5. The van der Waals surface area contributed by atoms with Gasteiger partial charge in [0, 0.05) is 35.2 Å². The van der Waals surface area contributed by atoms with Gasteiger partial charge < -0.3 is 16.2 Å². The molecule has 31 heavy (non-hydrogen) atoms. The lowest BCUT2D eigenvalue weighted by atomic mass is 10.0. The van der Waals surface area contributed by atoms with Gasteiger partial charge in [-0.25, -0.2) is 14.8 Å². The van der Waals surface area contributed by atoms with E-state index >= 15 is 0 Å². The molecule has 9 nitrogen and oxygen atoms in total. The zero-order valence-electron chi connectivity index (χ0n) is 15.9. The Labute approximate surface area is 175 Å². The molecule has 0 aliphatic heterocycles. The minimum Gasteiger partial charge on any atom is -0.478 e. The number of nitrogens with one attached hydrogen (secondary N) is 1. The smallest absolute Gasteiger partial charge is 0.335 e. The molecular weight excluding hydrogens is 396 g/mol. The van der Waals surface area contributed by atoms with Gasteiger partial charge >= 0.3 is 5.97 Å². The number of carbonyl (C=O) groups excluding carboxylic acids is 1. The summed E-state index contributed by atoms with van der Waals surface area (Å²) < 4.78 is 0. The van der Waals surface area contributed by atoms with E-state index in [4.69, 9.17) is 11.0 Å². The third-order valence-corrected chi connectivity index (χ3v) is 4.60. The predicted octanol–water partition coefficient (Wildman–Crippen LogP) is 3.10. The minimum absolute atomic E-state index is 0.0730. The molecule has 2 aromatic carbocycles. The predicted molar refractivity (Wildman–Crippen MR) is 113 cm³/mol. The van der Waals surface area contributed by atoms with E-state index in [0.717, 1.165) is 5.56 Å². The summed E-state index contributed by atoms with van der Waals surface area (Å²) in [6.45, 7) is 0. The Balaban J connectivity index is 1.81. The number of carbonyl (C=O) groups is 2. The van der Waals surface area contributed by atoms with Gasteiger partial charge in [-0.05, 0) is 29.8 Å². The lowest BCUT2D eigenvalue weighted by Gasteiger charge is -2.14. The van der Waals surface area contributed by atoms with Crippen molar-refractivity contribution in [1.82, 2.24) is 15.0 Å². The Hall–Kier alpha value is -4.84. The van der Waals surface area contributed by atoms with Gasteiger partial charge in [0.05, 0.1) is 22.3 Å². The molecular formula is C22H14N6O3. The Morgan fingerprint density at radius 1 is 1.00 bits per heavy atom. The number of anilines is 2. The molecule has 0 atom stereocenters. The Bertz CT molecular complexity index is 1380. The molecule has 4 N–H and O–H groups in total. The Morgan fingerprint density at radius 3 is 2.45 bits per heavy atom. The van der Waals surface area contributed by atoms with Crippen LogP contribution in [0.2, 0.25) is 0 Å². The van der Waals surface area contributed by atoms with Gasteiger partial charge in [0.1, 0.15) is 6.07 Å². The van der Waals surface area contributed by atoms with Crippen molar-refractivity contribution in [3.63, 3.8) is 0 Å². The van der Waals surface area contributed by atoms with Crippen LogP contribution in [0.25, 0.3) is 22.0 Å². The molecule has 0 bridgehead atoms. The van der Waals surface area contributed by atoms with E-state index < -0.39 is 11.9 Å². The van der Waals surface area contributed by atoms with Gasteiger partial charge in [-0.15, -0.1) is 0 Å². The first kappa shape index (κ1) is 19.5. The fourth-order valence-electron chi connectivity index (χ4n) is 3.10. The summed E-state index contributed by atoms with van der Waals surface area (Å²) in [5.74, 6) is -1.66. The molecule has 0 unspecified atom stereocenters. The molecule has 0 aliphatic carbocycles. The molecule has 0 fully saturated rings. The van der Waals surface area contributed by atoms with E-state index in [2.05, 4.69) is 20.3 Å². The number of carboxylic acid groups (broad SMARTS) is 1. The Morgan fingerprint density at radius 2 is 1.77 bits per heavy atom. The standard InChI is InChI=1S/C22H14N6O3/c23-8-19-26-9-14(10-27-19)12-4-5-16-18(7-12)25-11-17(21(24)29)20(16)28-15-3-1-2-13(6-15)22(30)31/h1-7,9-11H,(H2,24,29)(H,25,28)(H,30,31). The van der Waals surface area contributed by atoms with Crippen LogP contribution in [0.5, 0.6) is 0 Å². The SMILES string of the molecule is N#Cc1ncc(-c2ccc3c(Nc4cccc(C(=O)O)c4)c(C(N)=O)cnc3c2)cn1. The number of aromatic nitrogens is 3. The normalized spacial score (nSPS) is 10.4. The fraction of sp³-hybridized carbons (Fsp3) is 0. The van der Waals surface area contributed by atoms with Gasteiger partial charge in [0.15, 0.2) is 0 Å². The second-order valence-corrected chi connectivity index (χ2v) is 6.56. The third-order valence-electron chi connectivity index (χ3n) is 4.60. The zero-order chi connectivity index (χ0) is 22.0. The molecule has 0 aliphatic rings. The number of rotatable bonds is 5.